The third kappa shape index (κ3) is 2.67. The molecule has 1 aromatic carbocycles. The summed E-state index contributed by atoms with van der Waals surface area (Å²) < 4.78 is 7.66. The Balaban J connectivity index is 1.58. The number of aromatic amines is 1. The molecule has 4 rings (SSSR count). The van der Waals surface area contributed by atoms with Gasteiger partial charge in [0.2, 0.25) is 0 Å². The fraction of sp³-hybridized carbons (Fsp3) is 0.353. The van der Waals surface area contributed by atoms with Crippen LogP contribution in [0.4, 0.5) is 0 Å². The van der Waals surface area contributed by atoms with Crippen molar-refractivity contribution in [2.24, 2.45) is 7.05 Å². The van der Waals surface area contributed by atoms with Gasteiger partial charge in [-0.15, -0.1) is 0 Å². The molecule has 0 spiro atoms. The number of para-hydroxylation sites is 1. The van der Waals surface area contributed by atoms with Gasteiger partial charge in [0.05, 0.1) is 29.5 Å². The molecule has 2 N–H and O–H groups in total. The third-order valence-electron chi connectivity index (χ3n) is 4.41. The van der Waals surface area contributed by atoms with Crippen LogP contribution in [0.1, 0.15) is 34.9 Å². The standard InChI is InChI=1S/C17H19N5O2/c1-22-10-12(9-19-22)16-14(6-3-7-24-16)20-17(23)13-5-2-4-11-8-18-21-15(11)13/h2,4-5,8-10,14,16H,3,6-7H2,1H3,(H,18,21)(H,20,23)/t14-,16+/m0/s1. The number of aromatic nitrogens is 4. The van der Waals surface area contributed by atoms with Crippen molar-refractivity contribution in [1.29, 1.82) is 0 Å². The Morgan fingerprint density at radius 2 is 2.33 bits per heavy atom. The molecule has 2 atom stereocenters. The molecular formula is C17H19N5O2. The highest BCUT2D eigenvalue weighted by atomic mass is 16.5. The topological polar surface area (TPSA) is 84.8 Å². The monoisotopic (exact) mass is 325 g/mol. The van der Waals surface area contributed by atoms with Gasteiger partial charge in [0, 0.05) is 30.8 Å². The van der Waals surface area contributed by atoms with E-state index in [4.69, 9.17) is 4.74 Å². The number of ether oxygens (including phenoxy) is 1. The maximum atomic E-state index is 12.8. The van der Waals surface area contributed by atoms with E-state index in [0.717, 1.165) is 29.3 Å². The number of nitrogens with one attached hydrogen (secondary N) is 2. The van der Waals surface area contributed by atoms with Crippen molar-refractivity contribution >= 4 is 16.8 Å². The fourth-order valence-electron chi connectivity index (χ4n) is 3.25. The summed E-state index contributed by atoms with van der Waals surface area (Å²) in [7, 11) is 1.87. The van der Waals surface area contributed by atoms with Crippen molar-refractivity contribution in [2.45, 2.75) is 25.0 Å². The van der Waals surface area contributed by atoms with E-state index in [-0.39, 0.29) is 18.1 Å². The number of benzene rings is 1. The quantitative estimate of drug-likeness (QED) is 0.771. The lowest BCUT2D eigenvalue weighted by Crippen LogP contribution is -2.42. The molecule has 3 heterocycles. The van der Waals surface area contributed by atoms with Gasteiger partial charge in [-0.25, -0.2) is 0 Å². The van der Waals surface area contributed by atoms with Gasteiger partial charge in [-0.3, -0.25) is 14.6 Å². The third-order valence-corrected chi connectivity index (χ3v) is 4.41. The predicted octanol–water partition coefficient (Wildman–Crippen LogP) is 1.95. The molecule has 1 saturated heterocycles. The van der Waals surface area contributed by atoms with Gasteiger partial charge < -0.3 is 10.1 Å². The highest BCUT2D eigenvalue weighted by Gasteiger charge is 2.30. The SMILES string of the molecule is Cn1cc([C@H]2OCCC[C@@H]2NC(=O)c2cccc3cn[nH]c23)cn1. The Morgan fingerprint density at radius 3 is 3.17 bits per heavy atom. The van der Waals surface area contributed by atoms with Gasteiger partial charge in [0.1, 0.15) is 6.10 Å². The second-order valence-corrected chi connectivity index (χ2v) is 6.10. The van der Waals surface area contributed by atoms with Gasteiger partial charge in [0.15, 0.2) is 0 Å². The van der Waals surface area contributed by atoms with Crippen LogP contribution >= 0.6 is 0 Å². The van der Waals surface area contributed by atoms with E-state index < -0.39 is 0 Å². The molecule has 0 aliphatic carbocycles. The van der Waals surface area contributed by atoms with Gasteiger partial charge >= 0.3 is 0 Å². The van der Waals surface area contributed by atoms with Gasteiger partial charge in [-0.2, -0.15) is 10.2 Å². The lowest BCUT2D eigenvalue weighted by molar-refractivity contribution is -0.00948. The van der Waals surface area contributed by atoms with Crippen LogP contribution in [-0.4, -0.2) is 38.5 Å². The number of nitrogens with zero attached hydrogens (tertiary/aromatic N) is 3. The van der Waals surface area contributed by atoms with E-state index in [2.05, 4.69) is 20.6 Å². The maximum Gasteiger partial charge on any atom is 0.253 e. The number of H-pyrrole nitrogens is 1. The van der Waals surface area contributed by atoms with Crippen LogP contribution < -0.4 is 5.32 Å². The van der Waals surface area contributed by atoms with Crippen LogP contribution in [0.5, 0.6) is 0 Å². The second-order valence-electron chi connectivity index (χ2n) is 6.10. The molecule has 1 aliphatic heterocycles. The molecule has 7 nitrogen and oxygen atoms in total. The molecule has 1 fully saturated rings. The predicted molar refractivity (Wildman–Crippen MR) is 88.5 cm³/mol. The Labute approximate surface area is 139 Å². The summed E-state index contributed by atoms with van der Waals surface area (Å²) in [6.07, 6.45) is 7.08. The van der Waals surface area contributed by atoms with Crippen molar-refractivity contribution < 1.29 is 9.53 Å². The normalized spacial score (nSPS) is 21.0. The van der Waals surface area contributed by atoms with Crippen LogP contribution in [0.3, 0.4) is 0 Å². The van der Waals surface area contributed by atoms with E-state index in [0.29, 0.717) is 12.2 Å². The Kier molecular flexibility index (Phi) is 3.78. The van der Waals surface area contributed by atoms with Crippen LogP contribution in [0.25, 0.3) is 10.9 Å². The number of aryl methyl sites for hydroxylation is 1. The van der Waals surface area contributed by atoms with E-state index in [1.54, 1.807) is 23.1 Å². The molecule has 0 radical (unpaired) electrons. The average Bonchev–Trinajstić information content (AvgIpc) is 3.23. The summed E-state index contributed by atoms with van der Waals surface area (Å²) >= 11 is 0. The highest BCUT2D eigenvalue weighted by molar-refractivity contribution is 6.05. The minimum atomic E-state index is -0.169. The fourth-order valence-corrected chi connectivity index (χ4v) is 3.25. The number of amides is 1. The molecule has 124 valence electrons. The molecule has 2 aromatic heterocycles. The van der Waals surface area contributed by atoms with Crippen LogP contribution in [0, 0.1) is 0 Å². The molecule has 24 heavy (non-hydrogen) atoms. The summed E-state index contributed by atoms with van der Waals surface area (Å²) in [6.45, 7) is 0.696. The number of fused-ring (bicyclic) bond motifs is 1. The van der Waals surface area contributed by atoms with E-state index in [1.165, 1.54) is 0 Å². The Hall–Kier alpha value is -2.67. The van der Waals surface area contributed by atoms with E-state index >= 15 is 0 Å². The molecule has 0 unspecified atom stereocenters. The van der Waals surface area contributed by atoms with Gasteiger partial charge in [-0.05, 0) is 18.9 Å². The zero-order valence-electron chi connectivity index (χ0n) is 13.4. The number of carbonyl (C=O) groups excluding carboxylic acids is 1. The molecule has 0 saturated carbocycles. The number of carbonyl (C=O) groups is 1. The first-order valence-corrected chi connectivity index (χ1v) is 8.05. The summed E-state index contributed by atoms with van der Waals surface area (Å²) in [4.78, 5) is 12.8. The lowest BCUT2D eigenvalue weighted by atomic mass is 9.97. The summed E-state index contributed by atoms with van der Waals surface area (Å²) in [6, 6.07) is 5.52. The number of hydrogen-bond acceptors (Lipinski definition) is 4. The van der Waals surface area contributed by atoms with Crippen molar-refractivity contribution in [1.82, 2.24) is 25.3 Å². The first kappa shape index (κ1) is 14.9. The zero-order chi connectivity index (χ0) is 16.5. The van der Waals surface area contributed by atoms with Crippen molar-refractivity contribution in [2.75, 3.05) is 6.61 Å². The highest BCUT2D eigenvalue weighted by Crippen LogP contribution is 2.28. The second kappa shape index (κ2) is 6.09. The zero-order valence-corrected chi connectivity index (χ0v) is 13.4. The first-order valence-electron chi connectivity index (χ1n) is 8.05. The average molecular weight is 325 g/mol. The molecule has 3 aromatic rings. The molecule has 1 aliphatic rings. The number of hydrogen-bond donors (Lipinski definition) is 2. The van der Waals surface area contributed by atoms with Crippen molar-refractivity contribution in [3.63, 3.8) is 0 Å². The van der Waals surface area contributed by atoms with E-state index in [1.807, 2.05) is 25.4 Å². The lowest BCUT2D eigenvalue weighted by Gasteiger charge is -2.31. The van der Waals surface area contributed by atoms with Crippen LogP contribution in [0.15, 0.2) is 36.8 Å². The van der Waals surface area contributed by atoms with Gasteiger partial charge in [-0.1, -0.05) is 12.1 Å². The molecule has 0 bridgehead atoms. The summed E-state index contributed by atoms with van der Waals surface area (Å²) in [5.41, 5.74) is 2.34. The minimum absolute atomic E-state index is 0.0753. The smallest absolute Gasteiger partial charge is 0.253 e. The molecule has 1 amide bonds. The molecular weight excluding hydrogens is 306 g/mol. The van der Waals surface area contributed by atoms with Crippen molar-refractivity contribution in [3.8, 4) is 0 Å². The Bertz CT molecular complexity index is 869. The van der Waals surface area contributed by atoms with E-state index in [9.17, 15) is 4.79 Å². The first-order chi connectivity index (χ1) is 11.7. The van der Waals surface area contributed by atoms with Crippen LogP contribution in [0.2, 0.25) is 0 Å². The summed E-state index contributed by atoms with van der Waals surface area (Å²) in [5, 5.41) is 15.2. The van der Waals surface area contributed by atoms with Crippen molar-refractivity contribution in [3.05, 3.63) is 47.9 Å². The molecule has 7 heteroatoms. The number of rotatable bonds is 3. The Morgan fingerprint density at radius 1 is 1.42 bits per heavy atom. The summed E-state index contributed by atoms with van der Waals surface area (Å²) in [5.74, 6) is -0.116. The van der Waals surface area contributed by atoms with Crippen LogP contribution in [-0.2, 0) is 11.8 Å². The minimum Gasteiger partial charge on any atom is -0.371 e. The largest absolute Gasteiger partial charge is 0.371 e. The van der Waals surface area contributed by atoms with Gasteiger partial charge in [0.25, 0.3) is 5.91 Å². The maximum absolute atomic E-state index is 12.8.